The molecule has 1 amide bonds. The molecule has 6 rings (SSSR count). The first-order valence-electron chi connectivity index (χ1n) is 12.5. The molecule has 1 saturated heterocycles. The van der Waals surface area contributed by atoms with Crippen LogP contribution in [0.4, 0.5) is 0 Å². The van der Waals surface area contributed by atoms with Gasteiger partial charge in [-0.05, 0) is 67.5 Å². The van der Waals surface area contributed by atoms with Gasteiger partial charge in [-0.15, -0.1) is 11.3 Å². The van der Waals surface area contributed by atoms with E-state index in [1.807, 2.05) is 12.1 Å². The quantitative estimate of drug-likeness (QED) is 0.488. The topological polar surface area (TPSA) is 88.7 Å². The van der Waals surface area contributed by atoms with E-state index in [-0.39, 0.29) is 22.9 Å². The van der Waals surface area contributed by atoms with Crippen LogP contribution < -0.4 is 11.0 Å². The van der Waals surface area contributed by atoms with Gasteiger partial charge in [0.25, 0.3) is 5.91 Å². The fourth-order valence-corrected chi connectivity index (χ4v) is 6.48. The van der Waals surface area contributed by atoms with E-state index in [0.29, 0.717) is 33.6 Å². The predicted molar refractivity (Wildman–Crippen MR) is 139 cm³/mol. The van der Waals surface area contributed by atoms with Gasteiger partial charge in [0.05, 0.1) is 34.2 Å². The highest BCUT2D eigenvalue weighted by Gasteiger charge is 2.44. The van der Waals surface area contributed by atoms with Gasteiger partial charge >= 0.3 is 5.69 Å². The molecule has 8 nitrogen and oxygen atoms in total. The summed E-state index contributed by atoms with van der Waals surface area (Å²) < 4.78 is 8.89. The van der Waals surface area contributed by atoms with Crippen LogP contribution >= 0.6 is 22.9 Å². The number of fused-ring (bicyclic) bond motifs is 1. The van der Waals surface area contributed by atoms with Gasteiger partial charge in [0.1, 0.15) is 5.69 Å². The highest BCUT2D eigenvalue weighted by Crippen LogP contribution is 2.51. The summed E-state index contributed by atoms with van der Waals surface area (Å²) in [6.45, 7) is 5.14. The Morgan fingerprint density at radius 1 is 1.14 bits per heavy atom. The predicted octanol–water partition coefficient (Wildman–Crippen LogP) is 3.69. The van der Waals surface area contributed by atoms with E-state index in [0.717, 1.165) is 39.3 Å². The minimum atomic E-state index is -0.443. The normalized spacial score (nSPS) is 20.9. The van der Waals surface area contributed by atoms with Crippen molar-refractivity contribution < 1.29 is 14.6 Å². The Balaban J connectivity index is 1.20. The molecule has 0 bridgehead atoms. The molecule has 3 aliphatic rings. The average Bonchev–Trinajstić information content (AvgIpc) is 3.23. The lowest BCUT2D eigenvalue weighted by atomic mass is 9.92. The Kier molecular flexibility index (Phi) is 6.19. The highest BCUT2D eigenvalue weighted by atomic mass is 35.5. The summed E-state index contributed by atoms with van der Waals surface area (Å²) in [5.41, 5.74) is 2.29. The summed E-state index contributed by atoms with van der Waals surface area (Å²) in [6, 6.07) is 10.9. The van der Waals surface area contributed by atoms with Crippen LogP contribution in [-0.4, -0.2) is 57.9 Å². The number of halogens is 1. The van der Waals surface area contributed by atoms with Crippen LogP contribution in [-0.2, 0) is 16.7 Å². The first kappa shape index (κ1) is 23.8. The second kappa shape index (κ2) is 9.37. The molecule has 2 aliphatic heterocycles. The SMILES string of the molecule is O=C(N[C@@H]1CCn2c1c(O)n(-c1ccc(C3(CCN4CCOCC4)CC3)cc1)c2=O)c1ccc(Cl)s1. The summed E-state index contributed by atoms with van der Waals surface area (Å²) in [4.78, 5) is 28.8. The summed E-state index contributed by atoms with van der Waals surface area (Å²) in [5.74, 6) is -0.380. The maximum atomic E-state index is 13.2. The number of hydrogen-bond acceptors (Lipinski definition) is 6. The zero-order valence-corrected chi connectivity index (χ0v) is 21.5. The van der Waals surface area contributed by atoms with Crippen molar-refractivity contribution in [2.45, 2.75) is 43.7 Å². The highest BCUT2D eigenvalue weighted by molar-refractivity contribution is 7.18. The molecule has 0 radical (unpaired) electrons. The van der Waals surface area contributed by atoms with Gasteiger partial charge in [0.15, 0.2) is 0 Å². The van der Waals surface area contributed by atoms with E-state index < -0.39 is 6.04 Å². The minimum Gasteiger partial charge on any atom is -0.493 e. The van der Waals surface area contributed by atoms with Gasteiger partial charge in [-0.2, -0.15) is 0 Å². The molecule has 1 aromatic carbocycles. The van der Waals surface area contributed by atoms with Crippen molar-refractivity contribution in [1.29, 1.82) is 0 Å². The number of carbonyl (C=O) groups is 1. The Labute approximate surface area is 218 Å². The van der Waals surface area contributed by atoms with Crippen LogP contribution in [0.3, 0.4) is 0 Å². The van der Waals surface area contributed by atoms with E-state index in [2.05, 4.69) is 22.3 Å². The molecule has 1 atom stereocenters. The monoisotopic (exact) mass is 528 g/mol. The largest absolute Gasteiger partial charge is 0.493 e. The number of ether oxygens (including phenoxy) is 1. The standard InChI is InChI=1S/C26H29ClN4O4S/c27-21-6-5-20(36-21)23(32)28-19-7-11-30-22(19)24(33)31(25(30)34)18-3-1-17(2-4-18)26(8-9-26)10-12-29-13-15-35-16-14-29/h1-6,19,33H,7-16H2,(H,28,32)/t19-/m1/s1. The number of carbonyl (C=O) groups excluding carboxylic acids is 1. The Morgan fingerprint density at radius 2 is 1.89 bits per heavy atom. The van der Waals surface area contributed by atoms with Crippen molar-refractivity contribution in [3.63, 3.8) is 0 Å². The zero-order chi connectivity index (χ0) is 24.9. The van der Waals surface area contributed by atoms with Crippen LogP contribution in [0.1, 0.15) is 52.7 Å². The Morgan fingerprint density at radius 3 is 2.56 bits per heavy atom. The maximum Gasteiger partial charge on any atom is 0.335 e. The number of rotatable bonds is 7. The maximum absolute atomic E-state index is 13.2. The minimum absolute atomic E-state index is 0.117. The van der Waals surface area contributed by atoms with Crippen molar-refractivity contribution >= 4 is 28.8 Å². The number of morpholine rings is 1. The number of aromatic hydroxyl groups is 1. The molecule has 4 heterocycles. The van der Waals surface area contributed by atoms with Gasteiger partial charge in [0, 0.05) is 19.6 Å². The third-order valence-electron chi connectivity index (χ3n) is 7.83. The number of amides is 1. The lowest BCUT2D eigenvalue weighted by Crippen LogP contribution is -2.37. The molecule has 2 fully saturated rings. The lowest BCUT2D eigenvalue weighted by molar-refractivity contribution is 0.0362. The van der Waals surface area contributed by atoms with Crippen LogP contribution in [0.2, 0.25) is 4.34 Å². The first-order valence-corrected chi connectivity index (χ1v) is 13.7. The average molecular weight is 529 g/mol. The first-order chi connectivity index (χ1) is 17.4. The van der Waals surface area contributed by atoms with Crippen molar-refractivity contribution in [3.05, 3.63) is 67.4 Å². The van der Waals surface area contributed by atoms with Gasteiger partial charge in [0.2, 0.25) is 5.88 Å². The van der Waals surface area contributed by atoms with Gasteiger partial charge in [-0.1, -0.05) is 23.7 Å². The van der Waals surface area contributed by atoms with Gasteiger partial charge < -0.3 is 15.2 Å². The van der Waals surface area contributed by atoms with Crippen molar-refractivity contribution in [1.82, 2.24) is 19.4 Å². The summed E-state index contributed by atoms with van der Waals surface area (Å²) in [5, 5.41) is 14.0. The Bertz CT molecular complexity index is 1330. The van der Waals surface area contributed by atoms with Crippen LogP contribution in [0.5, 0.6) is 5.88 Å². The van der Waals surface area contributed by atoms with E-state index in [4.69, 9.17) is 16.3 Å². The molecule has 190 valence electrons. The number of benzene rings is 1. The molecular weight excluding hydrogens is 500 g/mol. The van der Waals surface area contributed by atoms with Gasteiger partial charge in [-0.3, -0.25) is 14.3 Å². The smallest absolute Gasteiger partial charge is 0.335 e. The van der Waals surface area contributed by atoms with E-state index in [1.165, 1.54) is 34.3 Å². The van der Waals surface area contributed by atoms with E-state index >= 15 is 0 Å². The van der Waals surface area contributed by atoms with Crippen molar-refractivity contribution in [2.75, 3.05) is 32.8 Å². The Hall–Kier alpha value is -2.59. The van der Waals surface area contributed by atoms with E-state index in [1.54, 1.807) is 16.7 Å². The third-order valence-corrected chi connectivity index (χ3v) is 9.06. The fraction of sp³-hybridized carbons (Fsp3) is 0.462. The van der Waals surface area contributed by atoms with Crippen molar-refractivity contribution in [2.24, 2.45) is 0 Å². The van der Waals surface area contributed by atoms with Crippen LogP contribution in [0.25, 0.3) is 5.69 Å². The number of hydrogen-bond donors (Lipinski definition) is 2. The summed E-state index contributed by atoms with van der Waals surface area (Å²) in [6.07, 6.45) is 4.03. The van der Waals surface area contributed by atoms with E-state index in [9.17, 15) is 14.7 Å². The molecule has 0 unspecified atom stereocenters. The lowest BCUT2D eigenvalue weighted by Gasteiger charge is -2.28. The summed E-state index contributed by atoms with van der Waals surface area (Å²) in [7, 11) is 0. The molecule has 2 N–H and O–H groups in total. The zero-order valence-electron chi connectivity index (χ0n) is 19.9. The molecule has 3 aromatic rings. The third kappa shape index (κ3) is 4.28. The molecule has 1 saturated carbocycles. The van der Waals surface area contributed by atoms with Gasteiger partial charge in [-0.25, -0.2) is 9.36 Å². The number of aromatic nitrogens is 2. The molecule has 1 aliphatic carbocycles. The van der Waals surface area contributed by atoms with Crippen LogP contribution in [0.15, 0.2) is 41.2 Å². The molecule has 36 heavy (non-hydrogen) atoms. The molecule has 0 spiro atoms. The molecule has 10 heteroatoms. The second-order valence-electron chi connectivity index (χ2n) is 9.93. The molecular formula is C26H29ClN4O4S. The van der Waals surface area contributed by atoms with Crippen molar-refractivity contribution in [3.8, 4) is 11.6 Å². The molecule has 2 aromatic heterocycles. The number of nitrogens with one attached hydrogen (secondary N) is 1. The fourth-order valence-electron chi connectivity index (χ4n) is 5.54. The number of thiophene rings is 1. The van der Waals surface area contributed by atoms with Crippen LogP contribution in [0, 0.1) is 0 Å². The summed E-state index contributed by atoms with van der Waals surface area (Å²) >= 11 is 7.16. The number of nitrogens with zero attached hydrogens (tertiary/aromatic N) is 3. The number of imidazole rings is 1. The second-order valence-corrected chi connectivity index (χ2v) is 11.6.